The molecule has 1 aliphatic heterocycles. The van der Waals surface area contributed by atoms with Crippen LogP contribution in [0.3, 0.4) is 0 Å². The number of aromatic nitrogens is 2. The Morgan fingerprint density at radius 2 is 2.14 bits per heavy atom. The highest BCUT2D eigenvalue weighted by atomic mass is 35.5. The molecule has 28 heavy (non-hydrogen) atoms. The van der Waals surface area contributed by atoms with E-state index in [9.17, 15) is 14.0 Å². The predicted octanol–water partition coefficient (Wildman–Crippen LogP) is 3.36. The zero-order valence-corrected chi connectivity index (χ0v) is 15.8. The van der Waals surface area contributed by atoms with Crippen LogP contribution < -0.4 is 10.6 Å². The number of ether oxygens (including phenoxy) is 1. The lowest BCUT2D eigenvalue weighted by Crippen LogP contribution is -2.53. The molecule has 0 radical (unpaired) electrons. The molecule has 3 heterocycles. The van der Waals surface area contributed by atoms with E-state index in [-0.39, 0.29) is 23.1 Å². The number of nitrogens with zero attached hydrogens (tertiary/aromatic N) is 1. The van der Waals surface area contributed by atoms with Crippen LogP contribution in [-0.4, -0.2) is 40.9 Å². The second-order valence-corrected chi connectivity index (χ2v) is 7.18. The van der Waals surface area contributed by atoms with E-state index in [1.165, 1.54) is 31.6 Å². The molecule has 1 amide bonds. The summed E-state index contributed by atoms with van der Waals surface area (Å²) in [4.78, 5) is 32.8. The van der Waals surface area contributed by atoms with Crippen LogP contribution in [0.4, 0.5) is 15.8 Å². The van der Waals surface area contributed by atoms with E-state index >= 15 is 0 Å². The van der Waals surface area contributed by atoms with Crippen molar-refractivity contribution in [3.05, 3.63) is 52.6 Å². The normalized spacial score (nSPS) is 18.5. The van der Waals surface area contributed by atoms with Crippen LogP contribution in [0.2, 0.25) is 5.02 Å². The Morgan fingerprint density at radius 1 is 1.36 bits per heavy atom. The molecule has 3 N–H and O–H groups in total. The van der Waals surface area contributed by atoms with Gasteiger partial charge >= 0.3 is 0 Å². The number of pyridine rings is 1. The molecule has 0 saturated carbocycles. The Labute approximate surface area is 164 Å². The summed E-state index contributed by atoms with van der Waals surface area (Å²) < 4.78 is 18.5. The fraction of sp³-hybridized carbons (Fsp3) is 0.211. The van der Waals surface area contributed by atoms with Gasteiger partial charge in [-0.25, -0.2) is 9.37 Å². The molecule has 0 bridgehead atoms. The number of rotatable bonds is 4. The van der Waals surface area contributed by atoms with Gasteiger partial charge in [-0.2, -0.15) is 0 Å². The molecule has 0 unspecified atom stereocenters. The van der Waals surface area contributed by atoms with Crippen LogP contribution in [-0.2, 0) is 9.53 Å². The average molecular weight is 403 g/mol. The lowest BCUT2D eigenvalue weighted by atomic mass is 9.96. The average Bonchev–Trinajstić information content (AvgIpc) is 3.07. The minimum absolute atomic E-state index is 0.0163. The van der Waals surface area contributed by atoms with Gasteiger partial charge in [0, 0.05) is 18.9 Å². The molecular formula is C19H16ClFN4O3. The maximum atomic E-state index is 13.4. The molecule has 4 rings (SSSR count). The van der Waals surface area contributed by atoms with Crippen molar-refractivity contribution in [3.8, 4) is 0 Å². The van der Waals surface area contributed by atoms with Crippen molar-refractivity contribution in [1.29, 1.82) is 0 Å². The second-order valence-electron chi connectivity index (χ2n) is 6.77. The van der Waals surface area contributed by atoms with Gasteiger partial charge in [-0.1, -0.05) is 11.6 Å². The molecule has 1 aliphatic rings. The van der Waals surface area contributed by atoms with Gasteiger partial charge < -0.3 is 20.4 Å². The fourth-order valence-electron chi connectivity index (χ4n) is 3.30. The first-order chi connectivity index (χ1) is 13.3. The largest absolute Gasteiger partial charge is 0.382 e. The molecule has 0 aliphatic carbocycles. The number of hydrogen-bond donors (Lipinski definition) is 3. The number of H-pyrrole nitrogens is 1. The van der Waals surface area contributed by atoms with Crippen LogP contribution in [0.1, 0.15) is 22.8 Å². The first-order valence-electron chi connectivity index (χ1n) is 8.42. The number of amides is 1. The number of fused-ring (bicyclic) bond motifs is 3. The van der Waals surface area contributed by atoms with Gasteiger partial charge in [0.2, 0.25) is 0 Å². The smallest absolute Gasteiger partial charge is 0.252 e. The summed E-state index contributed by atoms with van der Waals surface area (Å²) in [5, 5.41) is 6.50. The number of nitrogens with one attached hydrogen (secondary N) is 3. The van der Waals surface area contributed by atoms with Crippen molar-refractivity contribution in [2.45, 2.75) is 12.5 Å². The Balaban J connectivity index is 1.88. The Bertz CT molecular complexity index is 1130. The van der Waals surface area contributed by atoms with E-state index in [2.05, 4.69) is 20.6 Å². The summed E-state index contributed by atoms with van der Waals surface area (Å²) in [7, 11) is 1.50. The molecule has 0 spiro atoms. The molecule has 1 atom stereocenters. The van der Waals surface area contributed by atoms with E-state index in [0.717, 1.165) is 6.07 Å². The van der Waals surface area contributed by atoms with Gasteiger partial charge in [0.25, 0.3) is 5.91 Å². The Kier molecular flexibility index (Phi) is 4.32. The topological polar surface area (TPSA) is 96.1 Å². The molecular weight excluding hydrogens is 387 g/mol. The third-order valence-electron chi connectivity index (χ3n) is 4.71. The summed E-state index contributed by atoms with van der Waals surface area (Å²) in [5.41, 5.74) is 0.902. The SMILES string of the molecule is COC[C@]1(C)Nc2c(cnc3[nH]cc(C(=O)c4ccc(F)cc4Cl)c23)NC1=O. The third-order valence-corrected chi connectivity index (χ3v) is 5.02. The summed E-state index contributed by atoms with van der Waals surface area (Å²) in [6.07, 6.45) is 3.02. The standard InChI is InChI=1S/C19H16ClFN4O3/c1-19(8-28-2)18(27)24-13-7-23-17-14(15(13)25-19)11(6-22-17)16(26)10-4-3-9(21)5-12(10)20/h3-7,25H,8H2,1-2H3,(H,22,23)(H,24,27)/t19-/m0/s1. The quantitative estimate of drug-likeness (QED) is 0.581. The molecule has 0 fully saturated rings. The maximum absolute atomic E-state index is 13.4. The van der Waals surface area contributed by atoms with Crippen molar-refractivity contribution < 1.29 is 18.7 Å². The van der Waals surface area contributed by atoms with Crippen molar-refractivity contribution in [1.82, 2.24) is 9.97 Å². The van der Waals surface area contributed by atoms with E-state index in [4.69, 9.17) is 16.3 Å². The highest BCUT2D eigenvalue weighted by molar-refractivity contribution is 6.36. The van der Waals surface area contributed by atoms with E-state index in [1.807, 2.05) is 0 Å². The van der Waals surface area contributed by atoms with Crippen LogP contribution >= 0.6 is 11.6 Å². The summed E-state index contributed by atoms with van der Waals surface area (Å²) in [6, 6.07) is 3.60. The lowest BCUT2D eigenvalue weighted by Gasteiger charge is -2.35. The second kappa shape index (κ2) is 6.57. The minimum Gasteiger partial charge on any atom is -0.382 e. The number of hydrogen-bond acceptors (Lipinski definition) is 5. The number of benzene rings is 1. The molecule has 0 saturated heterocycles. The highest BCUT2D eigenvalue weighted by Gasteiger charge is 2.39. The lowest BCUT2D eigenvalue weighted by molar-refractivity contribution is -0.121. The monoisotopic (exact) mass is 402 g/mol. The van der Waals surface area contributed by atoms with Gasteiger partial charge in [0.1, 0.15) is 17.0 Å². The molecule has 1 aromatic carbocycles. The zero-order valence-electron chi connectivity index (χ0n) is 15.0. The van der Waals surface area contributed by atoms with Crippen LogP contribution in [0.15, 0.2) is 30.6 Å². The number of methoxy groups -OCH3 is 1. The number of aromatic amines is 1. The van der Waals surface area contributed by atoms with Crippen molar-refractivity contribution in [2.24, 2.45) is 0 Å². The first-order valence-corrected chi connectivity index (χ1v) is 8.80. The highest BCUT2D eigenvalue weighted by Crippen LogP contribution is 2.39. The van der Waals surface area contributed by atoms with Crippen molar-refractivity contribution >= 4 is 45.7 Å². The summed E-state index contributed by atoms with van der Waals surface area (Å²) >= 11 is 6.07. The predicted molar refractivity (Wildman–Crippen MR) is 103 cm³/mol. The van der Waals surface area contributed by atoms with Gasteiger partial charge in [-0.3, -0.25) is 9.59 Å². The molecule has 7 nitrogen and oxygen atoms in total. The molecule has 3 aromatic rings. The number of carbonyl (C=O) groups excluding carboxylic acids is 2. The van der Waals surface area contributed by atoms with E-state index < -0.39 is 17.1 Å². The van der Waals surface area contributed by atoms with E-state index in [1.54, 1.807) is 6.92 Å². The fourth-order valence-corrected chi connectivity index (χ4v) is 3.55. The first kappa shape index (κ1) is 18.4. The summed E-state index contributed by atoms with van der Waals surface area (Å²) in [6.45, 7) is 1.83. The third kappa shape index (κ3) is 2.81. The number of halogens is 2. The van der Waals surface area contributed by atoms with Crippen molar-refractivity contribution in [2.75, 3.05) is 24.4 Å². The van der Waals surface area contributed by atoms with E-state index in [0.29, 0.717) is 28.0 Å². The van der Waals surface area contributed by atoms with Gasteiger partial charge in [0.15, 0.2) is 5.78 Å². The zero-order chi connectivity index (χ0) is 20.1. The van der Waals surface area contributed by atoms with Gasteiger partial charge in [0.05, 0.1) is 40.2 Å². The maximum Gasteiger partial charge on any atom is 0.252 e. The molecule has 2 aromatic heterocycles. The Hall–Kier alpha value is -2.97. The van der Waals surface area contributed by atoms with Gasteiger partial charge in [-0.15, -0.1) is 0 Å². The minimum atomic E-state index is -1.03. The summed E-state index contributed by atoms with van der Waals surface area (Å²) in [5.74, 6) is -1.19. The Morgan fingerprint density at radius 3 is 2.86 bits per heavy atom. The molecule has 9 heteroatoms. The van der Waals surface area contributed by atoms with Crippen LogP contribution in [0.25, 0.3) is 11.0 Å². The van der Waals surface area contributed by atoms with Crippen molar-refractivity contribution in [3.63, 3.8) is 0 Å². The number of anilines is 2. The number of carbonyl (C=O) groups is 2. The van der Waals surface area contributed by atoms with Gasteiger partial charge in [-0.05, 0) is 25.1 Å². The van der Waals surface area contributed by atoms with Crippen LogP contribution in [0.5, 0.6) is 0 Å². The van der Waals surface area contributed by atoms with Crippen LogP contribution in [0, 0.1) is 5.82 Å². The number of ketones is 1. The molecule has 144 valence electrons.